The zero-order valence-corrected chi connectivity index (χ0v) is 17.5. The number of hydrogen-bond acceptors (Lipinski definition) is 3. The smallest absolute Gasteiger partial charge is 0.255 e. The first-order chi connectivity index (χ1) is 13.8. The van der Waals surface area contributed by atoms with Crippen molar-refractivity contribution in [3.63, 3.8) is 0 Å². The van der Waals surface area contributed by atoms with Crippen molar-refractivity contribution in [2.45, 2.75) is 20.4 Å². The van der Waals surface area contributed by atoms with Crippen LogP contribution in [0.15, 0.2) is 72.8 Å². The lowest BCUT2D eigenvalue weighted by Gasteiger charge is -2.22. The van der Waals surface area contributed by atoms with Crippen LogP contribution < -0.4 is 9.62 Å². The number of nitrogens with one attached hydrogen (secondary N) is 1. The second-order valence-electron chi connectivity index (χ2n) is 7.02. The van der Waals surface area contributed by atoms with E-state index < -0.39 is 10.0 Å². The third-order valence-corrected chi connectivity index (χ3v) is 5.85. The molecule has 0 spiro atoms. The number of aryl methyl sites for hydroxylation is 2. The summed E-state index contributed by atoms with van der Waals surface area (Å²) in [6, 6.07) is 21.8. The molecule has 0 unspecified atom stereocenters. The third kappa shape index (κ3) is 5.03. The van der Waals surface area contributed by atoms with Gasteiger partial charge in [-0.15, -0.1) is 0 Å². The Morgan fingerprint density at radius 1 is 0.862 bits per heavy atom. The molecular weight excluding hydrogens is 384 g/mol. The minimum atomic E-state index is -3.44. The third-order valence-electron chi connectivity index (χ3n) is 4.71. The molecule has 150 valence electrons. The number of sulfonamides is 1. The van der Waals surface area contributed by atoms with Gasteiger partial charge in [-0.1, -0.05) is 48.5 Å². The van der Waals surface area contributed by atoms with E-state index >= 15 is 0 Å². The SMILES string of the molecule is Cc1cccc(C)c1NC(=O)c1ccc(CN(c2ccccc2)S(C)(=O)=O)cc1. The van der Waals surface area contributed by atoms with Crippen molar-refractivity contribution < 1.29 is 13.2 Å². The number of hydrogen-bond donors (Lipinski definition) is 1. The summed E-state index contributed by atoms with van der Waals surface area (Å²) in [4.78, 5) is 12.6. The van der Waals surface area contributed by atoms with Crippen molar-refractivity contribution in [2.75, 3.05) is 15.9 Å². The summed E-state index contributed by atoms with van der Waals surface area (Å²) in [5, 5.41) is 2.96. The molecule has 6 heteroatoms. The van der Waals surface area contributed by atoms with E-state index in [0.717, 1.165) is 22.4 Å². The number of nitrogens with zero attached hydrogens (tertiary/aromatic N) is 1. The van der Waals surface area contributed by atoms with Gasteiger partial charge in [-0.2, -0.15) is 0 Å². The van der Waals surface area contributed by atoms with Crippen LogP contribution in [0.3, 0.4) is 0 Å². The minimum Gasteiger partial charge on any atom is -0.322 e. The Balaban J connectivity index is 1.78. The number of carbonyl (C=O) groups is 1. The molecular formula is C23H24N2O3S. The van der Waals surface area contributed by atoms with Crippen LogP contribution in [-0.4, -0.2) is 20.6 Å². The lowest BCUT2D eigenvalue weighted by Crippen LogP contribution is -2.29. The van der Waals surface area contributed by atoms with E-state index in [4.69, 9.17) is 0 Å². The average molecular weight is 409 g/mol. The summed E-state index contributed by atoms with van der Waals surface area (Å²) in [5.41, 5.74) is 4.73. The standard InChI is InChI=1S/C23H24N2O3S/c1-17-8-7-9-18(2)22(17)24-23(26)20-14-12-19(13-15-20)16-25(29(3,27)28)21-10-5-4-6-11-21/h4-15H,16H2,1-3H3,(H,24,26). The van der Waals surface area contributed by atoms with Gasteiger partial charge in [0.2, 0.25) is 10.0 Å². The summed E-state index contributed by atoms with van der Waals surface area (Å²) in [7, 11) is -3.44. The van der Waals surface area contributed by atoms with Gasteiger partial charge in [0.15, 0.2) is 0 Å². The van der Waals surface area contributed by atoms with E-state index in [-0.39, 0.29) is 12.5 Å². The minimum absolute atomic E-state index is 0.196. The number of carbonyl (C=O) groups excluding carboxylic acids is 1. The van der Waals surface area contributed by atoms with Crippen LogP contribution in [0.1, 0.15) is 27.0 Å². The van der Waals surface area contributed by atoms with Crippen LogP contribution in [0.25, 0.3) is 0 Å². The van der Waals surface area contributed by atoms with E-state index in [1.165, 1.54) is 10.6 Å². The van der Waals surface area contributed by atoms with Gasteiger partial charge in [0.25, 0.3) is 5.91 Å². The predicted octanol–water partition coefficient (Wildman–Crippen LogP) is 4.52. The summed E-state index contributed by atoms with van der Waals surface area (Å²) >= 11 is 0. The van der Waals surface area contributed by atoms with Crippen LogP contribution >= 0.6 is 0 Å². The van der Waals surface area contributed by atoms with Crippen LogP contribution in [0, 0.1) is 13.8 Å². The van der Waals surface area contributed by atoms with Gasteiger partial charge in [-0.3, -0.25) is 9.10 Å². The molecule has 1 amide bonds. The molecule has 0 aliphatic heterocycles. The van der Waals surface area contributed by atoms with Gasteiger partial charge in [0, 0.05) is 11.3 Å². The average Bonchev–Trinajstić information content (AvgIpc) is 2.69. The molecule has 3 rings (SSSR count). The Morgan fingerprint density at radius 2 is 1.45 bits per heavy atom. The molecule has 1 N–H and O–H groups in total. The molecule has 29 heavy (non-hydrogen) atoms. The number of anilines is 2. The Hall–Kier alpha value is -3.12. The molecule has 0 heterocycles. The summed E-state index contributed by atoms with van der Waals surface area (Å²) in [6.45, 7) is 4.10. The van der Waals surface area contributed by atoms with Gasteiger partial charge in [0.05, 0.1) is 18.5 Å². The molecule has 0 fully saturated rings. The van der Waals surface area contributed by atoms with Gasteiger partial charge in [-0.05, 0) is 54.8 Å². The summed E-state index contributed by atoms with van der Waals surface area (Å²) in [5.74, 6) is -0.197. The fraction of sp³-hybridized carbons (Fsp3) is 0.174. The molecule has 0 aliphatic carbocycles. The predicted molar refractivity (Wildman–Crippen MR) is 118 cm³/mol. The second kappa shape index (κ2) is 8.49. The highest BCUT2D eigenvalue weighted by Gasteiger charge is 2.18. The topological polar surface area (TPSA) is 66.5 Å². The first kappa shape index (κ1) is 20.6. The Labute approximate surface area is 172 Å². The highest BCUT2D eigenvalue weighted by Crippen LogP contribution is 2.22. The lowest BCUT2D eigenvalue weighted by atomic mass is 10.1. The zero-order valence-electron chi connectivity index (χ0n) is 16.7. The van der Waals surface area contributed by atoms with E-state index in [9.17, 15) is 13.2 Å². The Bertz CT molecular complexity index is 1090. The number of amides is 1. The van der Waals surface area contributed by atoms with Crippen molar-refractivity contribution in [2.24, 2.45) is 0 Å². The molecule has 3 aromatic rings. The first-order valence-electron chi connectivity index (χ1n) is 9.25. The van der Waals surface area contributed by atoms with Crippen molar-refractivity contribution in [1.29, 1.82) is 0 Å². The molecule has 3 aromatic carbocycles. The zero-order chi connectivity index (χ0) is 21.0. The van der Waals surface area contributed by atoms with Gasteiger partial charge in [0.1, 0.15) is 0 Å². The Morgan fingerprint density at radius 3 is 2.00 bits per heavy atom. The van der Waals surface area contributed by atoms with E-state index in [2.05, 4.69) is 5.32 Å². The number of para-hydroxylation sites is 2. The van der Waals surface area contributed by atoms with Gasteiger partial charge < -0.3 is 5.32 Å². The quantitative estimate of drug-likeness (QED) is 0.652. The van der Waals surface area contributed by atoms with E-state index in [1.54, 1.807) is 48.5 Å². The molecule has 0 aromatic heterocycles. The van der Waals surface area contributed by atoms with Crippen LogP contribution in [-0.2, 0) is 16.6 Å². The molecule has 0 bridgehead atoms. The van der Waals surface area contributed by atoms with E-state index in [1.807, 2.05) is 38.1 Å². The normalized spacial score (nSPS) is 11.1. The molecule has 0 radical (unpaired) electrons. The number of benzene rings is 3. The fourth-order valence-electron chi connectivity index (χ4n) is 3.12. The van der Waals surface area contributed by atoms with Crippen molar-refractivity contribution in [3.05, 3.63) is 95.1 Å². The summed E-state index contributed by atoms with van der Waals surface area (Å²) < 4.78 is 25.8. The van der Waals surface area contributed by atoms with Crippen molar-refractivity contribution >= 4 is 27.3 Å². The fourth-order valence-corrected chi connectivity index (χ4v) is 4.01. The first-order valence-corrected chi connectivity index (χ1v) is 11.1. The maximum Gasteiger partial charge on any atom is 0.255 e. The highest BCUT2D eigenvalue weighted by molar-refractivity contribution is 7.92. The lowest BCUT2D eigenvalue weighted by molar-refractivity contribution is 0.102. The second-order valence-corrected chi connectivity index (χ2v) is 8.93. The molecule has 5 nitrogen and oxygen atoms in total. The largest absolute Gasteiger partial charge is 0.322 e. The van der Waals surface area contributed by atoms with Crippen molar-refractivity contribution in [1.82, 2.24) is 0 Å². The maximum atomic E-state index is 12.6. The molecule has 0 saturated carbocycles. The molecule has 0 aliphatic rings. The van der Waals surface area contributed by atoms with Gasteiger partial charge in [-0.25, -0.2) is 8.42 Å². The van der Waals surface area contributed by atoms with Crippen molar-refractivity contribution in [3.8, 4) is 0 Å². The van der Waals surface area contributed by atoms with Crippen LogP contribution in [0.4, 0.5) is 11.4 Å². The summed E-state index contributed by atoms with van der Waals surface area (Å²) in [6.07, 6.45) is 1.19. The van der Waals surface area contributed by atoms with Crippen LogP contribution in [0.5, 0.6) is 0 Å². The number of rotatable bonds is 6. The molecule has 0 atom stereocenters. The van der Waals surface area contributed by atoms with E-state index in [0.29, 0.717) is 11.3 Å². The maximum absolute atomic E-state index is 12.6. The molecule has 0 saturated heterocycles. The monoisotopic (exact) mass is 408 g/mol. The van der Waals surface area contributed by atoms with Gasteiger partial charge >= 0.3 is 0 Å². The Kier molecular flexibility index (Phi) is 6.03. The highest BCUT2D eigenvalue weighted by atomic mass is 32.2. The van der Waals surface area contributed by atoms with Crippen LogP contribution in [0.2, 0.25) is 0 Å².